The molecule has 0 radical (unpaired) electrons. The number of hydrogen-bond acceptors (Lipinski definition) is 15. The monoisotopic (exact) mass is 1040 g/mol. The number of aliphatic hydroxyl groups is 1. The number of aliphatic hydroxyl groups excluding tert-OH is 1. The van der Waals surface area contributed by atoms with Crippen LogP contribution in [0.25, 0.3) is 0 Å². The number of phosphoric acid groups is 2. The lowest BCUT2D eigenvalue weighted by Gasteiger charge is -2.21. The van der Waals surface area contributed by atoms with E-state index in [2.05, 4.69) is 20.8 Å². The van der Waals surface area contributed by atoms with Crippen molar-refractivity contribution in [2.45, 2.75) is 264 Å². The van der Waals surface area contributed by atoms with Crippen molar-refractivity contribution in [3.8, 4) is 0 Å². The van der Waals surface area contributed by atoms with Crippen LogP contribution in [0.5, 0.6) is 0 Å². The number of carbonyl (C=O) groups excluding carboxylic acids is 4. The van der Waals surface area contributed by atoms with Gasteiger partial charge in [-0.3, -0.25) is 37.3 Å². The lowest BCUT2D eigenvalue weighted by Crippen LogP contribution is -2.30. The molecule has 0 aliphatic rings. The van der Waals surface area contributed by atoms with Crippen molar-refractivity contribution in [3.05, 3.63) is 0 Å². The summed E-state index contributed by atoms with van der Waals surface area (Å²) in [6, 6.07) is 0. The molecule has 0 rings (SSSR count). The van der Waals surface area contributed by atoms with Crippen molar-refractivity contribution in [1.82, 2.24) is 0 Å². The van der Waals surface area contributed by atoms with E-state index in [1.807, 2.05) is 6.92 Å². The van der Waals surface area contributed by atoms with Crippen molar-refractivity contribution >= 4 is 39.5 Å². The van der Waals surface area contributed by atoms with Crippen LogP contribution in [-0.2, 0) is 65.4 Å². The van der Waals surface area contributed by atoms with Crippen LogP contribution >= 0.6 is 15.6 Å². The van der Waals surface area contributed by atoms with E-state index >= 15 is 0 Å². The molecule has 0 bridgehead atoms. The molecule has 0 heterocycles. The topological polar surface area (TPSA) is 237 Å². The molecule has 0 spiro atoms. The van der Waals surface area contributed by atoms with Gasteiger partial charge < -0.3 is 33.8 Å². The van der Waals surface area contributed by atoms with E-state index in [4.69, 9.17) is 37.0 Å². The minimum atomic E-state index is -4.92. The van der Waals surface area contributed by atoms with Gasteiger partial charge in [0.1, 0.15) is 19.3 Å². The van der Waals surface area contributed by atoms with Crippen molar-refractivity contribution in [2.24, 2.45) is 0 Å². The third kappa shape index (κ3) is 45.9. The molecule has 3 N–H and O–H groups in total. The summed E-state index contributed by atoms with van der Waals surface area (Å²) < 4.78 is 66.8. The normalized spacial score (nSPS) is 14.6. The first-order valence-electron chi connectivity index (χ1n) is 27.3. The molecule has 19 heteroatoms. The van der Waals surface area contributed by atoms with Gasteiger partial charge in [-0.25, -0.2) is 9.13 Å². The maximum absolute atomic E-state index is 12.8. The summed E-state index contributed by atoms with van der Waals surface area (Å²) in [5.74, 6) is -2.18. The zero-order valence-corrected chi connectivity index (χ0v) is 45.8. The van der Waals surface area contributed by atoms with Crippen molar-refractivity contribution in [2.75, 3.05) is 39.6 Å². The van der Waals surface area contributed by atoms with Crippen molar-refractivity contribution in [1.29, 1.82) is 0 Å². The van der Waals surface area contributed by atoms with Gasteiger partial charge in [-0.1, -0.05) is 195 Å². The van der Waals surface area contributed by atoms with Crippen LogP contribution in [0.4, 0.5) is 0 Å². The highest BCUT2D eigenvalue weighted by molar-refractivity contribution is 7.47. The first-order valence-corrected chi connectivity index (χ1v) is 30.3. The highest BCUT2D eigenvalue weighted by atomic mass is 31.2. The van der Waals surface area contributed by atoms with Crippen LogP contribution in [0.3, 0.4) is 0 Å². The Morgan fingerprint density at radius 2 is 0.571 bits per heavy atom. The molecule has 2 unspecified atom stereocenters. The van der Waals surface area contributed by atoms with Gasteiger partial charge in [0.15, 0.2) is 12.2 Å². The van der Waals surface area contributed by atoms with E-state index in [1.54, 1.807) is 0 Å². The summed E-state index contributed by atoms with van der Waals surface area (Å²) in [5.41, 5.74) is 0. The molecule has 0 aliphatic heterocycles. The number of phosphoric ester groups is 2. The Morgan fingerprint density at radius 3 is 0.871 bits per heavy atom. The third-order valence-electron chi connectivity index (χ3n) is 11.6. The van der Waals surface area contributed by atoms with Crippen molar-refractivity contribution < 1.29 is 80.2 Å². The summed E-state index contributed by atoms with van der Waals surface area (Å²) in [7, 11) is -9.83. The van der Waals surface area contributed by atoms with Gasteiger partial charge in [0, 0.05) is 25.7 Å². The van der Waals surface area contributed by atoms with Gasteiger partial charge >= 0.3 is 39.5 Å². The molecule has 0 aliphatic carbocycles. The second-order valence-electron chi connectivity index (χ2n) is 18.6. The Kier molecular flexibility index (Phi) is 45.5. The highest BCUT2D eigenvalue weighted by Gasteiger charge is 2.30. The van der Waals surface area contributed by atoms with Crippen LogP contribution in [0.2, 0.25) is 0 Å². The number of esters is 4. The average molecular weight is 1050 g/mol. The molecule has 0 aromatic heterocycles. The van der Waals surface area contributed by atoms with Crippen LogP contribution in [0, 0.1) is 0 Å². The molecule has 17 nitrogen and oxygen atoms in total. The zero-order chi connectivity index (χ0) is 52.0. The molecular formula is C51H98O17P2. The van der Waals surface area contributed by atoms with Gasteiger partial charge in [0.05, 0.1) is 26.4 Å². The number of rotatable bonds is 52. The quantitative estimate of drug-likeness (QED) is 0.0222. The van der Waals surface area contributed by atoms with Gasteiger partial charge in [0.2, 0.25) is 0 Å². The SMILES string of the molecule is CCCCCCCCCCCCCCC(=O)OC[C@H](COP(=O)(O)OC[C@@H](O)COP(=O)(O)OC[C@@H](COC(=O)CCCCCCCCCC)OC(=O)CCCCCCCCC)OC(=O)CCCCC. The highest BCUT2D eigenvalue weighted by Crippen LogP contribution is 2.45. The minimum absolute atomic E-state index is 0.0903. The largest absolute Gasteiger partial charge is 0.472 e. The van der Waals surface area contributed by atoms with Crippen LogP contribution in [0.15, 0.2) is 0 Å². The summed E-state index contributed by atoms with van der Waals surface area (Å²) in [6.45, 7) is 4.53. The maximum atomic E-state index is 12.8. The summed E-state index contributed by atoms with van der Waals surface area (Å²) in [4.78, 5) is 70.9. The average Bonchev–Trinajstić information content (AvgIpc) is 3.33. The maximum Gasteiger partial charge on any atom is 0.472 e. The molecule has 0 aromatic rings. The smallest absolute Gasteiger partial charge is 0.462 e. The fraction of sp³-hybridized carbons (Fsp3) is 0.922. The Balaban J connectivity index is 5.02. The van der Waals surface area contributed by atoms with Gasteiger partial charge in [-0.15, -0.1) is 0 Å². The fourth-order valence-electron chi connectivity index (χ4n) is 7.34. The van der Waals surface area contributed by atoms with Crippen LogP contribution < -0.4 is 0 Å². The number of ether oxygens (including phenoxy) is 4. The first kappa shape index (κ1) is 68.1. The van der Waals surface area contributed by atoms with E-state index in [-0.39, 0.29) is 25.7 Å². The molecule has 0 saturated heterocycles. The summed E-state index contributed by atoms with van der Waals surface area (Å²) in [5, 5.41) is 10.4. The van der Waals surface area contributed by atoms with Crippen molar-refractivity contribution in [3.63, 3.8) is 0 Å². The lowest BCUT2D eigenvalue weighted by molar-refractivity contribution is -0.161. The second-order valence-corrected chi connectivity index (χ2v) is 21.5. The Morgan fingerprint density at radius 1 is 0.343 bits per heavy atom. The van der Waals surface area contributed by atoms with E-state index < -0.39 is 97.5 Å². The standard InChI is InChI=1S/C51H98O17P2/c1-5-9-13-16-19-21-22-23-24-27-29-33-36-49(54)61-41-46(67-50(55)37-31-12-8-4)43-65-69(57,58)63-39-45(52)40-64-70(59,60)66-44-47(68-51(56)38-34-30-25-18-15-11-7-3)42-62-48(53)35-32-28-26-20-17-14-10-6-2/h45-47,52H,5-44H2,1-4H3,(H,57,58)(H,59,60)/t45-,46-,47-/m1/s1. The van der Waals surface area contributed by atoms with E-state index in [9.17, 15) is 43.2 Å². The summed E-state index contributed by atoms with van der Waals surface area (Å²) in [6.07, 6.45) is 27.7. The van der Waals surface area contributed by atoms with E-state index in [0.717, 1.165) is 96.3 Å². The molecule has 0 amide bonds. The lowest BCUT2D eigenvalue weighted by atomic mass is 10.0. The first-order chi connectivity index (χ1) is 33.7. The number of unbranched alkanes of at least 4 members (excludes halogenated alkanes) is 26. The van der Waals surface area contributed by atoms with Gasteiger partial charge in [-0.05, 0) is 25.7 Å². The Hall–Kier alpha value is -1.94. The molecule has 0 fully saturated rings. The summed E-state index contributed by atoms with van der Waals surface area (Å²) >= 11 is 0. The molecular weight excluding hydrogens is 946 g/mol. The van der Waals surface area contributed by atoms with Crippen LogP contribution in [0.1, 0.15) is 246 Å². The predicted molar refractivity (Wildman–Crippen MR) is 271 cm³/mol. The van der Waals surface area contributed by atoms with E-state index in [1.165, 1.54) is 70.6 Å². The minimum Gasteiger partial charge on any atom is -0.462 e. The number of hydrogen-bond donors (Lipinski definition) is 3. The van der Waals surface area contributed by atoms with Gasteiger partial charge in [0.25, 0.3) is 0 Å². The molecule has 0 aromatic carbocycles. The zero-order valence-electron chi connectivity index (χ0n) is 44.0. The van der Waals surface area contributed by atoms with Crippen LogP contribution in [-0.4, -0.2) is 96.7 Å². The second kappa shape index (κ2) is 46.8. The molecule has 414 valence electrons. The number of carbonyl (C=O) groups is 4. The predicted octanol–water partition coefficient (Wildman–Crippen LogP) is 12.9. The Labute approximate surface area is 422 Å². The van der Waals surface area contributed by atoms with E-state index in [0.29, 0.717) is 25.7 Å². The third-order valence-corrected chi connectivity index (χ3v) is 13.5. The molecule has 5 atom stereocenters. The molecule has 70 heavy (non-hydrogen) atoms. The molecule has 0 saturated carbocycles. The van der Waals surface area contributed by atoms with Gasteiger partial charge in [-0.2, -0.15) is 0 Å². The Bertz CT molecular complexity index is 1390. The fourth-order valence-corrected chi connectivity index (χ4v) is 8.91.